The van der Waals surface area contributed by atoms with E-state index in [0.29, 0.717) is 0 Å². The standard InChI is InChI=1S/C16H15N/c1-2-6-14(7-3-1)12-17-11-10-15-8-4-5-9-16(15)13-17/h1-9,11,13H,10,12H2. The van der Waals surface area contributed by atoms with Gasteiger partial charge < -0.3 is 4.58 Å². The minimum Gasteiger partial charge on any atom is -0.361 e. The van der Waals surface area contributed by atoms with Crippen LogP contribution in [0.3, 0.4) is 0 Å². The average Bonchev–Trinajstić information content (AvgIpc) is 2.40. The van der Waals surface area contributed by atoms with Crippen LogP contribution in [0.2, 0.25) is 0 Å². The van der Waals surface area contributed by atoms with Crippen molar-refractivity contribution >= 4 is 6.21 Å². The van der Waals surface area contributed by atoms with Crippen molar-refractivity contribution in [2.45, 2.75) is 13.0 Å². The highest BCUT2D eigenvalue weighted by Gasteiger charge is 2.07. The van der Waals surface area contributed by atoms with Gasteiger partial charge in [0.05, 0.1) is 0 Å². The van der Waals surface area contributed by atoms with Gasteiger partial charge in [-0.2, -0.15) is 0 Å². The van der Waals surface area contributed by atoms with Crippen molar-refractivity contribution in [3.8, 4) is 0 Å². The molecule has 0 fully saturated rings. The average molecular weight is 221 g/mol. The first-order valence-electron chi connectivity index (χ1n) is 5.97. The van der Waals surface area contributed by atoms with Gasteiger partial charge in [0.15, 0.2) is 0 Å². The summed E-state index contributed by atoms with van der Waals surface area (Å²) in [4.78, 5) is 0. The van der Waals surface area contributed by atoms with Gasteiger partial charge >= 0.3 is 0 Å². The fourth-order valence-electron chi connectivity index (χ4n) is 2.20. The molecule has 1 heterocycles. The highest BCUT2D eigenvalue weighted by molar-refractivity contribution is 5.79. The predicted molar refractivity (Wildman–Crippen MR) is 70.0 cm³/mol. The highest BCUT2D eigenvalue weighted by atomic mass is 15.0. The quantitative estimate of drug-likeness (QED) is 0.541. The third-order valence-electron chi connectivity index (χ3n) is 3.11. The molecule has 0 bridgehead atoms. The van der Waals surface area contributed by atoms with E-state index in [1.807, 2.05) is 0 Å². The molecule has 3 rings (SSSR count). The number of benzene rings is 2. The molecular weight excluding hydrogens is 206 g/mol. The zero-order valence-corrected chi connectivity index (χ0v) is 9.71. The number of hydrogen-bond acceptors (Lipinski definition) is 0. The van der Waals surface area contributed by atoms with Gasteiger partial charge in [0.2, 0.25) is 0 Å². The molecule has 0 saturated heterocycles. The SMILES string of the molecule is C1=[N+](Cc2ccccc2)[CH-]Cc2ccccc21. The van der Waals surface area contributed by atoms with Gasteiger partial charge in [-0.15, -0.1) is 0 Å². The van der Waals surface area contributed by atoms with E-state index < -0.39 is 0 Å². The number of fused-ring (bicyclic) bond motifs is 1. The fourth-order valence-corrected chi connectivity index (χ4v) is 2.20. The molecule has 0 atom stereocenters. The third-order valence-corrected chi connectivity index (χ3v) is 3.11. The Morgan fingerprint density at radius 2 is 1.71 bits per heavy atom. The third kappa shape index (κ3) is 2.23. The monoisotopic (exact) mass is 221 g/mol. The van der Waals surface area contributed by atoms with Gasteiger partial charge in [-0.1, -0.05) is 60.2 Å². The van der Waals surface area contributed by atoms with Crippen LogP contribution in [0.5, 0.6) is 0 Å². The van der Waals surface area contributed by atoms with Crippen LogP contribution in [0.4, 0.5) is 0 Å². The van der Waals surface area contributed by atoms with Crippen LogP contribution in [-0.4, -0.2) is 10.8 Å². The van der Waals surface area contributed by atoms with Crippen LogP contribution >= 0.6 is 0 Å². The molecule has 0 unspecified atom stereocenters. The molecular formula is C16H15N. The van der Waals surface area contributed by atoms with Crippen LogP contribution in [0.15, 0.2) is 54.6 Å². The summed E-state index contributed by atoms with van der Waals surface area (Å²) >= 11 is 0. The molecule has 0 amide bonds. The molecule has 1 aliphatic rings. The summed E-state index contributed by atoms with van der Waals surface area (Å²) in [7, 11) is 0. The Morgan fingerprint density at radius 3 is 2.59 bits per heavy atom. The first-order chi connectivity index (χ1) is 8.42. The maximum absolute atomic E-state index is 2.28. The second kappa shape index (κ2) is 4.46. The molecule has 0 saturated carbocycles. The van der Waals surface area contributed by atoms with Crippen LogP contribution in [0, 0.1) is 6.54 Å². The Kier molecular flexibility index (Phi) is 2.66. The predicted octanol–water partition coefficient (Wildman–Crippen LogP) is 3.04. The van der Waals surface area contributed by atoms with Crippen molar-refractivity contribution in [1.29, 1.82) is 0 Å². The Balaban J connectivity index is 1.85. The lowest BCUT2D eigenvalue weighted by molar-refractivity contribution is -0.501. The Bertz CT molecular complexity index is 540. The minimum atomic E-state index is 0.954. The minimum absolute atomic E-state index is 0.954. The second-order valence-corrected chi connectivity index (χ2v) is 4.37. The van der Waals surface area contributed by atoms with Crippen LogP contribution in [-0.2, 0) is 13.0 Å². The molecule has 1 aliphatic heterocycles. The Morgan fingerprint density at radius 1 is 0.941 bits per heavy atom. The highest BCUT2D eigenvalue weighted by Crippen LogP contribution is 2.14. The first kappa shape index (κ1) is 10.2. The van der Waals surface area contributed by atoms with E-state index in [4.69, 9.17) is 0 Å². The van der Waals surface area contributed by atoms with E-state index in [1.54, 1.807) is 0 Å². The van der Waals surface area contributed by atoms with Gasteiger partial charge in [0.1, 0.15) is 6.54 Å². The van der Waals surface area contributed by atoms with Crippen molar-refractivity contribution in [2.24, 2.45) is 0 Å². The summed E-state index contributed by atoms with van der Waals surface area (Å²) < 4.78 is 2.28. The van der Waals surface area contributed by atoms with Crippen LogP contribution in [0.25, 0.3) is 0 Å². The van der Waals surface area contributed by atoms with E-state index in [-0.39, 0.29) is 0 Å². The van der Waals surface area contributed by atoms with Crippen LogP contribution < -0.4 is 0 Å². The molecule has 84 valence electrons. The molecule has 0 spiro atoms. The van der Waals surface area contributed by atoms with Crippen molar-refractivity contribution in [3.63, 3.8) is 0 Å². The van der Waals surface area contributed by atoms with E-state index in [2.05, 4.69) is 71.9 Å². The topological polar surface area (TPSA) is 3.01 Å². The lowest BCUT2D eigenvalue weighted by Gasteiger charge is -2.19. The molecule has 2 aromatic carbocycles. The Labute approximate surface area is 102 Å². The molecule has 2 aromatic rings. The molecule has 1 heteroatoms. The maximum Gasteiger partial charge on any atom is 0.141 e. The van der Waals surface area contributed by atoms with Gasteiger partial charge in [0.25, 0.3) is 0 Å². The maximum atomic E-state index is 2.28. The second-order valence-electron chi connectivity index (χ2n) is 4.37. The first-order valence-corrected chi connectivity index (χ1v) is 5.97. The number of nitrogens with zero attached hydrogens (tertiary/aromatic N) is 1. The summed E-state index contributed by atoms with van der Waals surface area (Å²) in [5, 5.41) is 0. The van der Waals surface area contributed by atoms with E-state index >= 15 is 0 Å². The van der Waals surface area contributed by atoms with Crippen molar-refractivity contribution in [1.82, 2.24) is 0 Å². The summed E-state index contributed by atoms with van der Waals surface area (Å²) in [5.41, 5.74) is 4.10. The summed E-state index contributed by atoms with van der Waals surface area (Å²) in [6.45, 7) is 3.21. The van der Waals surface area contributed by atoms with E-state index in [9.17, 15) is 0 Å². The van der Waals surface area contributed by atoms with Crippen molar-refractivity contribution < 1.29 is 4.58 Å². The van der Waals surface area contributed by atoms with Gasteiger partial charge in [-0.25, -0.2) is 0 Å². The van der Waals surface area contributed by atoms with Gasteiger partial charge in [-0.3, -0.25) is 0 Å². The van der Waals surface area contributed by atoms with Crippen molar-refractivity contribution in [2.75, 3.05) is 0 Å². The largest absolute Gasteiger partial charge is 0.361 e. The molecule has 1 nitrogen and oxygen atoms in total. The van der Waals surface area contributed by atoms with Gasteiger partial charge in [-0.05, 0) is 12.0 Å². The summed E-state index contributed by atoms with van der Waals surface area (Å²) in [6.07, 6.45) is 3.26. The fraction of sp³-hybridized carbons (Fsp3) is 0.125. The normalized spacial score (nSPS) is 13.5. The molecule has 0 radical (unpaired) electrons. The summed E-state index contributed by atoms with van der Waals surface area (Å²) in [6, 6.07) is 19.2. The van der Waals surface area contributed by atoms with Crippen molar-refractivity contribution in [3.05, 3.63) is 77.8 Å². The number of hydrogen-bond donors (Lipinski definition) is 0. The lowest BCUT2D eigenvalue weighted by atomic mass is 10.0. The van der Waals surface area contributed by atoms with Crippen LogP contribution in [0.1, 0.15) is 16.7 Å². The Hall–Kier alpha value is -2.02. The smallest absolute Gasteiger partial charge is 0.141 e. The molecule has 0 aliphatic carbocycles. The molecule has 17 heavy (non-hydrogen) atoms. The van der Waals surface area contributed by atoms with E-state index in [0.717, 1.165) is 13.0 Å². The molecule has 0 N–H and O–H groups in total. The lowest BCUT2D eigenvalue weighted by Crippen LogP contribution is -2.17. The summed E-state index contributed by atoms with van der Waals surface area (Å²) in [5.74, 6) is 0. The van der Waals surface area contributed by atoms with E-state index in [1.165, 1.54) is 16.7 Å². The van der Waals surface area contributed by atoms with Gasteiger partial charge in [0, 0.05) is 18.3 Å². The number of rotatable bonds is 2. The molecule has 0 aromatic heterocycles. The zero-order valence-electron chi connectivity index (χ0n) is 9.71. The zero-order chi connectivity index (χ0) is 11.5.